The fourth-order valence-corrected chi connectivity index (χ4v) is 4.67. The molecule has 38 heavy (non-hydrogen) atoms. The van der Waals surface area contributed by atoms with Crippen molar-refractivity contribution in [2.75, 3.05) is 6.61 Å². The fourth-order valence-electron chi connectivity index (χ4n) is 4.67. The van der Waals surface area contributed by atoms with Gasteiger partial charge in [0.05, 0.1) is 32.5 Å². The van der Waals surface area contributed by atoms with Crippen molar-refractivity contribution >= 4 is 5.97 Å². The van der Waals surface area contributed by atoms with E-state index in [1.54, 1.807) is 6.33 Å². The van der Waals surface area contributed by atoms with Gasteiger partial charge in [-0.3, -0.25) is 4.79 Å². The predicted octanol–water partition coefficient (Wildman–Crippen LogP) is 4.82. The second-order valence-corrected chi connectivity index (χ2v) is 9.22. The van der Waals surface area contributed by atoms with Crippen LogP contribution in [0.2, 0.25) is 0 Å². The van der Waals surface area contributed by atoms with Crippen LogP contribution in [0.3, 0.4) is 0 Å². The quantitative estimate of drug-likeness (QED) is 0.266. The molecule has 1 aliphatic rings. The molecule has 0 saturated heterocycles. The minimum Gasteiger partial charge on any atom is -0.451 e. The maximum Gasteiger partial charge on any atom is 0.303 e. The summed E-state index contributed by atoms with van der Waals surface area (Å²) in [6.07, 6.45) is -0.300. The van der Waals surface area contributed by atoms with Crippen molar-refractivity contribution in [3.05, 3.63) is 120 Å². The van der Waals surface area contributed by atoms with Gasteiger partial charge in [0.15, 0.2) is 11.9 Å². The van der Waals surface area contributed by atoms with Crippen molar-refractivity contribution in [1.29, 1.82) is 0 Å². The minimum absolute atomic E-state index is 0.306. The number of esters is 1. The minimum atomic E-state index is -0.787. The van der Waals surface area contributed by atoms with Crippen molar-refractivity contribution in [2.24, 2.45) is 0 Å². The zero-order valence-electron chi connectivity index (χ0n) is 21.3. The Kier molecular flexibility index (Phi) is 8.55. The molecular formula is C30H31N3O5. The number of carbonyl (C=O) groups is 1. The standard InChI is InChI=1S/C30H31N3O5/c1-22(34)38-29-28(37-19-25-15-9-4-10-16-25)27(36-18-24-13-7-3-8-14-24)26(33-21-31-32-30(29)33)20-35-17-23-11-5-2-6-12-23/h2-16,21,26-29H,17-20H2,1H3/t26-,27+,28+,29-/m1/s1. The first-order chi connectivity index (χ1) is 18.7. The van der Waals surface area contributed by atoms with Crippen LogP contribution in [0.25, 0.3) is 0 Å². The van der Waals surface area contributed by atoms with Crippen LogP contribution < -0.4 is 0 Å². The van der Waals surface area contributed by atoms with Crippen LogP contribution in [0, 0.1) is 0 Å². The van der Waals surface area contributed by atoms with Crippen molar-refractivity contribution in [3.8, 4) is 0 Å². The Morgan fingerprint density at radius 1 is 0.763 bits per heavy atom. The Bertz CT molecular complexity index is 1280. The molecule has 0 bridgehead atoms. The molecule has 0 unspecified atom stereocenters. The van der Waals surface area contributed by atoms with Crippen molar-refractivity contribution in [3.63, 3.8) is 0 Å². The summed E-state index contributed by atoms with van der Waals surface area (Å²) in [5.74, 6) is 0.0737. The summed E-state index contributed by atoms with van der Waals surface area (Å²) >= 11 is 0. The summed E-state index contributed by atoms with van der Waals surface area (Å²) in [6, 6.07) is 29.5. The molecule has 4 atom stereocenters. The van der Waals surface area contributed by atoms with Gasteiger partial charge in [-0.05, 0) is 16.7 Å². The summed E-state index contributed by atoms with van der Waals surface area (Å²) < 4.78 is 26.9. The summed E-state index contributed by atoms with van der Waals surface area (Å²) in [5.41, 5.74) is 3.10. The van der Waals surface area contributed by atoms with Crippen LogP contribution in [0.4, 0.5) is 0 Å². The van der Waals surface area contributed by atoms with Gasteiger partial charge >= 0.3 is 5.97 Å². The number of hydrogen-bond donors (Lipinski definition) is 0. The topological polar surface area (TPSA) is 84.7 Å². The van der Waals surface area contributed by atoms with Crippen LogP contribution in [-0.2, 0) is 43.6 Å². The highest BCUT2D eigenvalue weighted by atomic mass is 16.6. The molecule has 5 rings (SSSR count). The predicted molar refractivity (Wildman–Crippen MR) is 140 cm³/mol. The summed E-state index contributed by atoms with van der Waals surface area (Å²) in [4.78, 5) is 12.2. The van der Waals surface area contributed by atoms with Gasteiger partial charge in [-0.25, -0.2) is 0 Å². The van der Waals surface area contributed by atoms with E-state index in [1.807, 2.05) is 95.6 Å². The van der Waals surface area contributed by atoms with Crippen molar-refractivity contribution < 1.29 is 23.7 Å². The lowest BCUT2D eigenvalue weighted by atomic mass is 9.95. The highest BCUT2D eigenvalue weighted by Crippen LogP contribution is 2.38. The van der Waals surface area contributed by atoms with Gasteiger partial charge in [-0.2, -0.15) is 0 Å². The molecule has 4 aromatic rings. The third-order valence-electron chi connectivity index (χ3n) is 6.48. The average molecular weight is 514 g/mol. The molecule has 0 aliphatic carbocycles. The molecule has 196 valence electrons. The highest BCUT2D eigenvalue weighted by molar-refractivity contribution is 5.66. The van der Waals surface area contributed by atoms with Gasteiger partial charge in [0.25, 0.3) is 0 Å². The van der Waals surface area contributed by atoms with Crippen LogP contribution in [0.15, 0.2) is 97.3 Å². The molecule has 2 heterocycles. The summed E-state index contributed by atoms with van der Waals surface area (Å²) in [6.45, 7) is 2.83. The zero-order chi connectivity index (χ0) is 26.2. The molecule has 0 saturated carbocycles. The summed E-state index contributed by atoms with van der Waals surface area (Å²) in [7, 11) is 0. The number of hydrogen-bond acceptors (Lipinski definition) is 7. The van der Waals surface area contributed by atoms with E-state index in [0.717, 1.165) is 16.7 Å². The van der Waals surface area contributed by atoms with Gasteiger partial charge in [0.2, 0.25) is 0 Å². The van der Waals surface area contributed by atoms with E-state index in [2.05, 4.69) is 10.2 Å². The number of carbonyl (C=O) groups excluding carboxylic acids is 1. The number of ether oxygens (including phenoxy) is 4. The molecule has 0 amide bonds. The SMILES string of the molecule is CC(=O)O[C@H]1c2nncn2[C@H](COCc2ccccc2)[C@H](OCc2ccccc2)[C@@H]1OCc1ccccc1. The molecule has 8 nitrogen and oxygen atoms in total. The fraction of sp³-hybridized carbons (Fsp3) is 0.300. The molecule has 1 aromatic heterocycles. The van der Waals surface area contributed by atoms with E-state index in [4.69, 9.17) is 18.9 Å². The van der Waals surface area contributed by atoms with Gasteiger partial charge in [0.1, 0.15) is 18.5 Å². The second-order valence-electron chi connectivity index (χ2n) is 9.22. The van der Waals surface area contributed by atoms with Gasteiger partial charge < -0.3 is 23.5 Å². The first-order valence-corrected chi connectivity index (χ1v) is 12.7. The maximum atomic E-state index is 12.2. The Morgan fingerprint density at radius 2 is 1.29 bits per heavy atom. The second kappa shape index (κ2) is 12.6. The first-order valence-electron chi connectivity index (χ1n) is 12.7. The largest absolute Gasteiger partial charge is 0.451 e. The first kappa shape index (κ1) is 25.8. The van der Waals surface area contributed by atoms with Crippen LogP contribution in [0.5, 0.6) is 0 Å². The van der Waals surface area contributed by atoms with Crippen molar-refractivity contribution in [2.45, 2.75) is 51.1 Å². The number of nitrogens with zero attached hydrogens (tertiary/aromatic N) is 3. The van der Waals surface area contributed by atoms with Crippen LogP contribution in [0.1, 0.15) is 41.6 Å². The van der Waals surface area contributed by atoms with E-state index in [-0.39, 0.29) is 6.04 Å². The molecule has 0 fully saturated rings. The smallest absolute Gasteiger partial charge is 0.303 e. The maximum absolute atomic E-state index is 12.2. The van der Waals surface area contributed by atoms with E-state index >= 15 is 0 Å². The van der Waals surface area contributed by atoms with E-state index in [9.17, 15) is 4.79 Å². The van der Waals surface area contributed by atoms with E-state index in [1.165, 1.54) is 6.92 Å². The number of benzene rings is 3. The summed E-state index contributed by atoms with van der Waals surface area (Å²) in [5, 5.41) is 8.45. The van der Waals surface area contributed by atoms with Gasteiger partial charge in [0, 0.05) is 6.92 Å². The number of fused-ring (bicyclic) bond motifs is 1. The Balaban J connectivity index is 1.44. The Hall–Kier alpha value is -3.85. The molecule has 1 aliphatic heterocycles. The highest BCUT2D eigenvalue weighted by Gasteiger charge is 2.48. The average Bonchev–Trinajstić information content (AvgIpc) is 3.44. The molecule has 0 N–H and O–H groups in total. The lowest BCUT2D eigenvalue weighted by molar-refractivity contribution is -0.192. The van der Waals surface area contributed by atoms with E-state index < -0.39 is 24.3 Å². The lowest BCUT2D eigenvalue weighted by Gasteiger charge is -2.41. The van der Waals surface area contributed by atoms with E-state index in [0.29, 0.717) is 32.3 Å². The number of rotatable bonds is 11. The third kappa shape index (κ3) is 6.34. The van der Waals surface area contributed by atoms with Crippen LogP contribution in [-0.4, -0.2) is 39.5 Å². The Morgan fingerprint density at radius 3 is 1.84 bits per heavy atom. The molecule has 8 heteroatoms. The molecule has 0 radical (unpaired) electrons. The monoisotopic (exact) mass is 513 g/mol. The van der Waals surface area contributed by atoms with Gasteiger partial charge in [-0.15, -0.1) is 10.2 Å². The normalized spacial score (nSPS) is 20.6. The zero-order valence-corrected chi connectivity index (χ0v) is 21.3. The van der Waals surface area contributed by atoms with Crippen LogP contribution >= 0.6 is 0 Å². The number of aromatic nitrogens is 3. The molecule has 0 spiro atoms. The third-order valence-corrected chi connectivity index (χ3v) is 6.48. The van der Waals surface area contributed by atoms with Gasteiger partial charge in [-0.1, -0.05) is 91.0 Å². The van der Waals surface area contributed by atoms with Crippen molar-refractivity contribution in [1.82, 2.24) is 14.8 Å². The Labute approximate surface area is 222 Å². The lowest BCUT2D eigenvalue weighted by Crippen LogP contribution is -2.50. The molecular weight excluding hydrogens is 482 g/mol. The molecule has 3 aromatic carbocycles.